The Kier molecular flexibility index (Phi) is 6.40. The van der Waals surface area contributed by atoms with Gasteiger partial charge >= 0.3 is 11.4 Å². The van der Waals surface area contributed by atoms with E-state index in [2.05, 4.69) is 9.80 Å². The van der Waals surface area contributed by atoms with Crippen LogP contribution >= 0.6 is 0 Å². The molecule has 0 aromatic carbocycles. The van der Waals surface area contributed by atoms with Crippen LogP contribution in [0.3, 0.4) is 0 Å². The first kappa shape index (κ1) is 14.0. The van der Waals surface area contributed by atoms with Gasteiger partial charge in [0.1, 0.15) is 0 Å². The Labute approximate surface area is 98.7 Å². The van der Waals surface area contributed by atoms with E-state index in [1.165, 1.54) is 0 Å². The van der Waals surface area contributed by atoms with Crippen molar-refractivity contribution in [3.8, 4) is 0 Å². The largest absolute Gasteiger partial charge is 0.395 e. The molecular formula is C9H20N2O4S. The first-order valence-corrected chi connectivity index (χ1v) is 6.48. The van der Waals surface area contributed by atoms with Crippen LogP contribution in [0, 0.1) is 0 Å². The topological polar surface area (TPSA) is 73.2 Å². The zero-order valence-electron chi connectivity index (χ0n) is 9.54. The van der Waals surface area contributed by atoms with Crippen LogP contribution < -0.4 is 0 Å². The minimum atomic E-state index is -2.18. The number of rotatable bonds is 6. The van der Waals surface area contributed by atoms with Crippen molar-refractivity contribution in [2.75, 3.05) is 45.9 Å². The van der Waals surface area contributed by atoms with Gasteiger partial charge in [-0.3, -0.25) is 18.5 Å². The lowest BCUT2D eigenvalue weighted by Crippen LogP contribution is -2.49. The summed E-state index contributed by atoms with van der Waals surface area (Å²) in [5.41, 5.74) is 0. The van der Waals surface area contributed by atoms with Gasteiger partial charge in [-0.05, 0) is 6.92 Å². The normalized spacial score (nSPS) is 23.2. The van der Waals surface area contributed by atoms with Gasteiger partial charge in [-0.2, -0.15) is 4.21 Å². The van der Waals surface area contributed by atoms with Crippen molar-refractivity contribution in [3.05, 3.63) is 0 Å². The van der Waals surface area contributed by atoms with Crippen molar-refractivity contribution in [3.63, 3.8) is 0 Å². The Hall–Kier alpha value is -0.0500. The van der Waals surface area contributed by atoms with E-state index < -0.39 is 11.4 Å². The van der Waals surface area contributed by atoms with Crippen LogP contribution in [0.4, 0.5) is 0 Å². The highest BCUT2D eigenvalue weighted by atomic mass is 32.2. The molecule has 0 aliphatic carbocycles. The fourth-order valence-corrected chi connectivity index (χ4v) is 2.21. The van der Waals surface area contributed by atoms with Gasteiger partial charge in [0.2, 0.25) is 0 Å². The molecule has 1 aliphatic rings. The Balaban J connectivity index is 2.18. The van der Waals surface area contributed by atoms with Gasteiger partial charge in [0, 0.05) is 39.3 Å². The van der Waals surface area contributed by atoms with E-state index in [0.717, 1.165) is 32.7 Å². The molecule has 1 saturated heterocycles. The lowest BCUT2D eigenvalue weighted by Gasteiger charge is -2.35. The van der Waals surface area contributed by atoms with Crippen molar-refractivity contribution in [1.82, 2.24) is 9.80 Å². The van der Waals surface area contributed by atoms with Gasteiger partial charge in [0.05, 0.1) is 12.7 Å². The van der Waals surface area contributed by atoms with Crippen LogP contribution in [0.25, 0.3) is 0 Å². The van der Waals surface area contributed by atoms with E-state index in [1.54, 1.807) is 6.92 Å². The molecule has 96 valence electrons. The van der Waals surface area contributed by atoms with Gasteiger partial charge in [-0.15, -0.1) is 0 Å². The summed E-state index contributed by atoms with van der Waals surface area (Å²) in [4.78, 5) is 4.40. The molecule has 2 atom stereocenters. The molecule has 0 radical (unpaired) electrons. The fourth-order valence-electron chi connectivity index (χ4n) is 1.87. The highest BCUT2D eigenvalue weighted by molar-refractivity contribution is 7.74. The smallest absolute Gasteiger partial charge is 0.302 e. The molecule has 0 aromatic rings. The summed E-state index contributed by atoms with van der Waals surface area (Å²) in [5, 5.41) is 8.79. The van der Waals surface area contributed by atoms with Gasteiger partial charge in [0.25, 0.3) is 0 Å². The van der Waals surface area contributed by atoms with Crippen molar-refractivity contribution in [1.29, 1.82) is 0 Å². The van der Waals surface area contributed by atoms with Gasteiger partial charge in [-0.1, -0.05) is 0 Å². The quantitative estimate of drug-likeness (QED) is 0.599. The van der Waals surface area contributed by atoms with Gasteiger partial charge < -0.3 is 5.11 Å². The standard InChI is InChI=1S/C9H20N2O4S/c1-9(15-16(13)14)8-11-4-2-10(3-5-11)6-7-12/h9,12H,2-8H2,1H3,(H,13,14). The molecule has 7 heteroatoms. The molecular weight excluding hydrogens is 232 g/mol. The predicted octanol–water partition coefficient (Wildman–Crippen LogP) is -0.862. The predicted molar refractivity (Wildman–Crippen MR) is 61.3 cm³/mol. The maximum absolute atomic E-state index is 10.4. The van der Waals surface area contributed by atoms with E-state index in [0.29, 0.717) is 6.54 Å². The maximum atomic E-state index is 10.4. The molecule has 2 N–H and O–H groups in total. The van der Waals surface area contributed by atoms with Crippen LogP contribution in [0.15, 0.2) is 0 Å². The molecule has 0 spiro atoms. The first-order valence-electron chi connectivity index (χ1n) is 5.45. The van der Waals surface area contributed by atoms with Crippen molar-refractivity contribution < 1.29 is 18.1 Å². The third-order valence-electron chi connectivity index (χ3n) is 2.64. The SMILES string of the molecule is CC(CN1CCN(CCO)CC1)OS(=O)O. The van der Waals surface area contributed by atoms with Gasteiger partial charge in [-0.25, -0.2) is 0 Å². The molecule has 0 saturated carbocycles. The van der Waals surface area contributed by atoms with E-state index in [-0.39, 0.29) is 12.7 Å². The second kappa shape index (κ2) is 7.31. The van der Waals surface area contributed by atoms with Crippen LogP contribution in [0.1, 0.15) is 6.92 Å². The summed E-state index contributed by atoms with van der Waals surface area (Å²) < 4.78 is 23.7. The molecule has 0 bridgehead atoms. The summed E-state index contributed by atoms with van der Waals surface area (Å²) in [5.74, 6) is 0. The van der Waals surface area contributed by atoms with Crippen molar-refractivity contribution >= 4 is 11.4 Å². The summed E-state index contributed by atoms with van der Waals surface area (Å²) in [6.45, 7) is 7.04. The zero-order chi connectivity index (χ0) is 12.0. The molecule has 16 heavy (non-hydrogen) atoms. The molecule has 1 fully saturated rings. The number of hydrogen-bond donors (Lipinski definition) is 2. The first-order chi connectivity index (χ1) is 7.61. The van der Waals surface area contributed by atoms with Gasteiger partial charge in [0.15, 0.2) is 0 Å². The Morgan fingerprint density at radius 1 is 1.31 bits per heavy atom. The van der Waals surface area contributed by atoms with Crippen LogP contribution in [-0.4, -0.2) is 75.6 Å². The lowest BCUT2D eigenvalue weighted by atomic mass is 10.3. The van der Waals surface area contributed by atoms with Crippen LogP contribution in [-0.2, 0) is 15.5 Å². The zero-order valence-corrected chi connectivity index (χ0v) is 10.4. The molecule has 0 amide bonds. The molecule has 2 unspecified atom stereocenters. The Bertz CT molecular complexity index is 222. The van der Waals surface area contributed by atoms with E-state index in [9.17, 15) is 4.21 Å². The van der Waals surface area contributed by atoms with E-state index in [4.69, 9.17) is 13.8 Å². The van der Waals surface area contributed by atoms with E-state index >= 15 is 0 Å². The molecule has 1 heterocycles. The number of nitrogens with zero attached hydrogens (tertiary/aromatic N) is 2. The van der Waals surface area contributed by atoms with Crippen molar-refractivity contribution in [2.45, 2.75) is 13.0 Å². The Morgan fingerprint density at radius 3 is 2.38 bits per heavy atom. The Morgan fingerprint density at radius 2 is 1.88 bits per heavy atom. The fraction of sp³-hybridized carbons (Fsp3) is 1.00. The summed E-state index contributed by atoms with van der Waals surface area (Å²) >= 11 is -2.18. The maximum Gasteiger partial charge on any atom is 0.302 e. The molecule has 6 nitrogen and oxygen atoms in total. The average molecular weight is 252 g/mol. The summed E-state index contributed by atoms with van der Waals surface area (Å²) in [6, 6.07) is 0. The second-order valence-corrected chi connectivity index (χ2v) is 4.62. The third-order valence-corrected chi connectivity index (χ3v) is 3.14. The number of aliphatic hydroxyl groups excluding tert-OH is 1. The second-order valence-electron chi connectivity index (χ2n) is 3.99. The van der Waals surface area contributed by atoms with Crippen molar-refractivity contribution in [2.24, 2.45) is 0 Å². The monoisotopic (exact) mass is 252 g/mol. The average Bonchev–Trinajstić information content (AvgIpc) is 2.20. The van der Waals surface area contributed by atoms with Crippen LogP contribution in [0.5, 0.6) is 0 Å². The number of piperazine rings is 1. The number of hydrogen-bond acceptors (Lipinski definition) is 5. The van der Waals surface area contributed by atoms with Crippen LogP contribution in [0.2, 0.25) is 0 Å². The number of aliphatic hydroxyl groups is 1. The highest BCUT2D eigenvalue weighted by Crippen LogP contribution is 2.04. The summed E-state index contributed by atoms with van der Waals surface area (Å²) in [7, 11) is 0. The molecule has 1 rings (SSSR count). The van der Waals surface area contributed by atoms with E-state index in [1.807, 2.05) is 0 Å². The lowest BCUT2D eigenvalue weighted by molar-refractivity contribution is 0.0825. The summed E-state index contributed by atoms with van der Waals surface area (Å²) in [6.07, 6.45) is -0.241. The highest BCUT2D eigenvalue weighted by Gasteiger charge is 2.18. The minimum absolute atomic E-state index is 0.197. The number of β-amino-alcohol motifs (C(OH)–C–C–N with tert-alkyl or cyclic N) is 1. The minimum Gasteiger partial charge on any atom is -0.395 e. The third kappa shape index (κ3) is 5.33. The molecule has 1 aliphatic heterocycles. The molecule has 0 aromatic heterocycles.